The molecule has 8 heteroatoms. The van der Waals surface area contributed by atoms with E-state index in [0.29, 0.717) is 10.8 Å². The van der Waals surface area contributed by atoms with Gasteiger partial charge in [-0.2, -0.15) is 16.1 Å². The van der Waals surface area contributed by atoms with E-state index in [4.69, 9.17) is 11.6 Å². The van der Waals surface area contributed by atoms with Gasteiger partial charge in [-0.05, 0) is 31.4 Å². The van der Waals surface area contributed by atoms with Gasteiger partial charge in [0.25, 0.3) is 0 Å². The molecule has 1 N–H and O–H groups in total. The summed E-state index contributed by atoms with van der Waals surface area (Å²) in [4.78, 5) is 4.12. The molecule has 0 amide bonds. The first-order chi connectivity index (χ1) is 9.34. The number of hydrogen-bond acceptors (Lipinski definition) is 5. The van der Waals surface area contributed by atoms with E-state index in [1.165, 1.54) is 16.6 Å². The topological polar surface area (TPSA) is 62.3 Å². The lowest BCUT2D eigenvalue weighted by Crippen LogP contribution is -2.35. The van der Waals surface area contributed by atoms with E-state index in [1.54, 1.807) is 25.9 Å². The average molecular weight is 338 g/mol. The van der Waals surface area contributed by atoms with Crippen LogP contribution in [-0.4, -0.2) is 49.9 Å². The molecule has 20 heavy (non-hydrogen) atoms. The molecule has 114 valence electrons. The maximum absolute atomic E-state index is 12.5. The van der Waals surface area contributed by atoms with Crippen LogP contribution in [0.1, 0.15) is 13.3 Å². The maximum atomic E-state index is 12.5. The van der Waals surface area contributed by atoms with Gasteiger partial charge in [-0.25, -0.2) is 13.4 Å². The van der Waals surface area contributed by atoms with Crippen LogP contribution in [-0.2, 0) is 10.0 Å². The molecule has 0 fully saturated rings. The van der Waals surface area contributed by atoms with Crippen molar-refractivity contribution in [3.05, 3.63) is 17.3 Å². The number of halogens is 1. The highest BCUT2D eigenvalue weighted by molar-refractivity contribution is 7.98. The lowest BCUT2D eigenvalue weighted by Gasteiger charge is -2.24. The average Bonchev–Trinajstić information content (AvgIpc) is 2.43. The first-order valence-electron chi connectivity index (χ1n) is 6.14. The van der Waals surface area contributed by atoms with Gasteiger partial charge in [-0.1, -0.05) is 11.6 Å². The van der Waals surface area contributed by atoms with E-state index in [2.05, 4.69) is 10.3 Å². The summed E-state index contributed by atoms with van der Waals surface area (Å²) in [6.07, 6.45) is 4.12. The third kappa shape index (κ3) is 4.00. The van der Waals surface area contributed by atoms with E-state index < -0.39 is 10.0 Å². The largest absolute Gasteiger partial charge is 0.372 e. The second kappa shape index (κ2) is 7.49. The van der Waals surface area contributed by atoms with Gasteiger partial charge in [0.05, 0.1) is 5.02 Å². The predicted molar refractivity (Wildman–Crippen MR) is 86.2 cm³/mol. The first-order valence-corrected chi connectivity index (χ1v) is 9.36. The molecular formula is C12H20ClN3O2S2. The Hall–Kier alpha value is -0.500. The molecule has 1 unspecified atom stereocenters. The number of hydrogen-bond donors (Lipinski definition) is 1. The minimum atomic E-state index is -3.57. The molecule has 1 aromatic rings. The number of nitrogens with one attached hydrogen (secondary N) is 1. The summed E-state index contributed by atoms with van der Waals surface area (Å²) >= 11 is 7.69. The monoisotopic (exact) mass is 337 g/mol. The Morgan fingerprint density at radius 1 is 1.55 bits per heavy atom. The molecule has 0 spiro atoms. The van der Waals surface area contributed by atoms with Crippen molar-refractivity contribution in [1.82, 2.24) is 9.29 Å². The second-order valence-electron chi connectivity index (χ2n) is 4.40. The first kappa shape index (κ1) is 17.6. The van der Waals surface area contributed by atoms with Crippen molar-refractivity contribution < 1.29 is 8.42 Å². The molecular weight excluding hydrogens is 318 g/mol. The fourth-order valence-electron chi connectivity index (χ4n) is 1.62. The number of pyridine rings is 1. The Morgan fingerprint density at radius 2 is 2.20 bits per heavy atom. The normalized spacial score (nSPS) is 13.5. The minimum absolute atomic E-state index is 0.0739. The quantitative estimate of drug-likeness (QED) is 0.828. The Balaban J connectivity index is 3.01. The molecule has 1 aromatic heterocycles. The van der Waals surface area contributed by atoms with E-state index in [0.717, 1.165) is 12.2 Å². The molecule has 0 aliphatic carbocycles. The molecule has 1 atom stereocenters. The van der Waals surface area contributed by atoms with E-state index >= 15 is 0 Å². The van der Waals surface area contributed by atoms with Gasteiger partial charge >= 0.3 is 0 Å². The van der Waals surface area contributed by atoms with Crippen LogP contribution in [0.25, 0.3) is 0 Å². The molecule has 1 heterocycles. The van der Waals surface area contributed by atoms with Crippen LogP contribution in [0, 0.1) is 0 Å². The van der Waals surface area contributed by atoms with Gasteiger partial charge in [0, 0.05) is 26.3 Å². The highest BCUT2D eigenvalue weighted by atomic mass is 35.5. The maximum Gasteiger partial charge on any atom is 0.244 e. The summed E-state index contributed by atoms with van der Waals surface area (Å²) in [5, 5.41) is 3.09. The Labute approximate surface area is 130 Å². The number of rotatable bonds is 7. The SMILES string of the molecule is CNc1ncc(S(=O)(=O)N(C)C(C)CCSC)cc1Cl. The van der Waals surface area contributed by atoms with Crippen LogP contribution in [0.5, 0.6) is 0 Å². The van der Waals surface area contributed by atoms with Gasteiger partial charge in [-0.15, -0.1) is 0 Å². The number of thioether (sulfide) groups is 1. The van der Waals surface area contributed by atoms with Gasteiger partial charge in [0.15, 0.2) is 0 Å². The van der Waals surface area contributed by atoms with Crippen LogP contribution in [0.2, 0.25) is 5.02 Å². The van der Waals surface area contributed by atoms with E-state index in [1.807, 2.05) is 13.2 Å². The number of aromatic nitrogens is 1. The third-order valence-electron chi connectivity index (χ3n) is 3.09. The van der Waals surface area contributed by atoms with Crippen molar-refractivity contribution in [1.29, 1.82) is 0 Å². The number of nitrogens with zero attached hydrogens (tertiary/aromatic N) is 2. The number of sulfonamides is 1. The minimum Gasteiger partial charge on any atom is -0.372 e. The van der Waals surface area contributed by atoms with Crippen LogP contribution in [0.15, 0.2) is 17.2 Å². The van der Waals surface area contributed by atoms with E-state index in [9.17, 15) is 8.42 Å². The Morgan fingerprint density at radius 3 is 2.70 bits per heavy atom. The second-order valence-corrected chi connectivity index (χ2v) is 7.79. The summed E-state index contributed by atoms with van der Waals surface area (Å²) in [5.41, 5.74) is 0. The summed E-state index contributed by atoms with van der Waals surface area (Å²) in [5.74, 6) is 1.38. The molecule has 0 aliphatic heterocycles. The number of anilines is 1. The Bertz CT molecular complexity index is 552. The van der Waals surface area contributed by atoms with Crippen molar-refractivity contribution in [3.8, 4) is 0 Å². The van der Waals surface area contributed by atoms with Gasteiger partial charge in [-0.3, -0.25) is 0 Å². The van der Waals surface area contributed by atoms with Gasteiger partial charge in [0.1, 0.15) is 10.7 Å². The standard InChI is InChI=1S/C12H20ClN3O2S2/c1-9(5-6-19-4)16(3)20(17,18)10-7-11(13)12(14-2)15-8-10/h7-9H,5-6H2,1-4H3,(H,14,15). The van der Waals surface area contributed by atoms with Crippen molar-refractivity contribution in [3.63, 3.8) is 0 Å². The van der Waals surface area contributed by atoms with Crippen LogP contribution >= 0.6 is 23.4 Å². The lowest BCUT2D eigenvalue weighted by molar-refractivity contribution is 0.382. The zero-order valence-electron chi connectivity index (χ0n) is 12.1. The molecule has 0 saturated heterocycles. The highest BCUT2D eigenvalue weighted by Gasteiger charge is 2.26. The van der Waals surface area contributed by atoms with Crippen LogP contribution < -0.4 is 5.32 Å². The summed E-state index contributed by atoms with van der Waals surface area (Å²) in [7, 11) is -0.304. The Kier molecular flexibility index (Phi) is 6.57. The molecule has 0 aliphatic rings. The van der Waals surface area contributed by atoms with Gasteiger partial charge in [0.2, 0.25) is 10.0 Å². The van der Waals surface area contributed by atoms with Crippen LogP contribution in [0.4, 0.5) is 5.82 Å². The molecule has 0 aromatic carbocycles. The van der Waals surface area contributed by atoms with Crippen molar-refractivity contribution in [2.45, 2.75) is 24.3 Å². The fraction of sp³-hybridized carbons (Fsp3) is 0.583. The molecule has 5 nitrogen and oxygen atoms in total. The van der Waals surface area contributed by atoms with Crippen molar-refractivity contribution in [2.24, 2.45) is 0 Å². The summed E-state index contributed by atoms with van der Waals surface area (Å²) in [6, 6.07) is 1.35. The smallest absolute Gasteiger partial charge is 0.244 e. The molecule has 0 radical (unpaired) electrons. The zero-order chi connectivity index (χ0) is 15.3. The molecule has 0 bridgehead atoms. The van der Waals surface area contributed by atoms with Crippen molar-refractivity contribution >= 4 is 39.2 Å². The lowest BCUT2D eigenvalue weighted by atomic mass is 10.3. The predicted octanol–water partition coefficient (Wildman–Crippen LogP) is 2.54. The van der Waals surface area contributed by atoms with Crippen LogP contribution in [0.3, 0.4) is 0 Å². The fourth-order valence-corrected chi connectivity index (χ4v) is 3.89. The summed E-state index contributed by atoms with van der Waals surface area (Å²) in [6.45, 7) is 1.89. The third-order valence-corrected chi connectivity index (χ3v) is 5.96. The van der Waals surface area contributed by atoms with Gasteiger partial charge < -0.3 is 5.32 Å². The summed E-state index contributed by atoms with van der Waals surface area (Å²) < 4.78 is 26.3. The van der Waals surface area contributed by atoms with Crippen molar-refractivity contribution in [2.75, 3.05) is 31.4 Å². The zero-order valence-corrected chi connectivity index (χ0v) is 14.4. The molecule has 1 rings (SSSR count). The van der Waals surface area contributed by atoms with E-state index in [-0.39, 0.29) is 10.9 Å². The molecule has 0 saturated carbocycles. The highest BCUT2D eigenvalue weighted by Crippen LogP contribution is 2.25.